The predicted molar refractivity (Wildman–Crippen MR) is 158 cm³/mol. The summed E-state index contributed by atoms with van der Waals surface area (Å²) in [7, 11) is 0. The maximum Gasteiger partial charge on any atom is 0.408 e. The first kappa shape index (κ1) is 32.0. The van der Waals surface area contributed by atoms with Crippen LogP contribution in [0.4, 0.5) is 4.79 Å². The summed E-state index contributed by atoms with van der Waals surface area (Å²) in [5, 5.41) is 2.68. The first-order chi connectivity index (χ1) is 19.0. The molecule has 0 aliphatic heterocycles. The minimum Gasteiger partial charge on any atom is -0.462 e. The molecule has 1 amide bonds. The monoisotopic (exact) mass is 573 g/mol. The van der Waals surface area contributed by atoms with Crippen LogP contribution in [-0.2, 0) is 23.9 Å². The van der Waals surface area contributed by atoms with Crippen molar-refractivity contribution < 1.29 is 28.7 Å². The van der Waals surface area contributed by atoms with Crippen LogP contribution in [0, 0.1) is 46.3 Å². The van der Waals surface area contributed by atoms with E-state index in [0.29, 0.717) is 29.5 Å². The van der Waals surface area contributed by atoms with Crippen LogP contribution in [0.2, 0.25) is 0 Å². The predicted octanol–water partition coefficient (Wildman–Crippen LogP) is 7.04. The van der Waals surface area contributed by atoms with E-state index in [0.717, 1.165) is 32.1 Å². The molecule has 0 saturated heterocycles. The average molecular weight is 574 g/mol. The molecule has 0 spiro atoms. The molecule has 232 valence electrons. The lowest BCUT2D eigenvalue weighted by Gasteiger charge is -2.61. The lowest BCUT2D eigenvalue weighted by Crippen LogP contribution is -2.54. The number of hydrogen-bond donors (Lipinski definition) is 1. The Morgan fingerprint density at radius 1 is 0.878 bits per heavy atom. The Hall–Kier alpha value is -1.92. The van der Waals surface area contributed by atoms with Crippen LogP contribution in [0.25, 0.3) is 0 Å². The van der Waals surface area contributed by atoms with Gasteiger partial charge in [-0.1, -0.05) is 27.7 Å². The molecule has 4 aliphatic carbocycles. The zero-order valence-corrected chi connectivity index (χ0v) is 26.8. The molecule has 41 heavy (non-hydrogen) atoms. The number of carbonyl (C=O) groups excluding carboxylic acids is 4. The van der Waals surface area contributed by atoms with E-state index in [-0.39, 0.29) is 53.4 Å². The maximum atomic E-state index is 12.9. The Bertz CT molecular complexity index is 1020. The van der Waals surface area contributed by atoms with Gasteiger partial charge in [-0.05, 0) is 126 Å². The number of carbonyl (C=O) groups is 4. The molecule has 0 heterocycles. The fourth-order valence-corrected chi connectivity index (χ4v) is 9.67. The van der Waals surface area contributed by atoms with Gasteiger partial charge in [0.05, 0.1) is 12.5 Å². The van der Waals surface area contributed by atoms with Crippen LogP contribution in [0.5, 0.6) is 0 Å². The smallest absolute Gasteiger partial charge is 0.408 e. The van der Waals surface area contributed by atoms with Gasteiger partial charge in [0.25, 0.3) is 0 Å². The fraction of sp³-hybridized carbons (Fsp3) is 0.882. The summed E-state index contributed by atoms with van der Waals surface area (Å²) in [6.07, 6.45) is 9.27. The molecular formula is C34H55NO6. The van der Waals surface area contributed by atoms with Crippen molar-refractivity contribution in [1.82, 2.24) is 5.32 Å². The first-order valence-corrected chi connectivity index (χ1v) is 16.3. The van der Waals surface area contributed by atoms with Crippen molar-refractivity contribution in [3.8, 4) is 0 Å². The Balaban J connectivity index is 1.28. The topological polar surface area (TPSA) is 98.8 Å². The molecule has 0 unspecified atom stereocenters. The van der Waals surface area contributed by atoms with Gasteiger partial charge >= 0.3 is 12.1 Å². The second-order valence-electron chi connectivity index (χ2n) is 15.7. The van der Waals surface area contributed by atoms with Crippen molar-refractivity contribution in [1.29, 1.82) is 0 Å². The zero-order valence-electron chi connectivity index (χ0n) is 26.8. The molecule has 7 heteroatoms. The molecule has 0 aromatic heterocycles. The molecule has 4 rings (SSSR count). The van der Waals surface area contributed by atoms with E-state index in [4.69, 9.17) is 9.47 Å². The molecule has 4 aliphatic rings. The van der Waals surface area contributed by atoms with Crippen LogP contribution in [0.3, 0.4) is 0 Å². The number of ketones is 2. The van der Waals surface area contributed by atoms with Gasteiger partial charge in [0.1, 0.15) is 17.5 Å². The summed E-state index contributed by atoms with van der Waals surface area (Å²) in [6, 6.07) is -0.703. The van der Waals surface area contributed by atoms with Gasteiger partial charge in [0.15, 0.2) is 5.78 Å². The van der Waals surface area contributed by atoms with Crippen LogP contribution in [-0.4, -0.2) is 41.4 Å². The highest BCUT2D eigenvalue weighted by atomic mass is 16.6. The molecule has 4 fully saturated rings. The summed E-state index contributed by atoms with van der Waals surface area (Å²) < 4.78 is 11.3. The van der Waals surface area contributed by atoms with Crippen molar-refractivity contribution in [3.05, 3.63) is 0 Å². The van der Waals surface area contributed by atoms with Gasteiger partial charge in [0, 0.05) is 12.3 Å². The molecule has 0 bridgehead atoms. The van der Waals surface area contributed by atoms with Crippen molar-refractivity contribution in [2.75, 3.05) is 0 Å². The van der Waals surface area contributed by atoms with Crippen molar-refractivity contribution in [2.45, 2.75) is 144 Å². The number of fused-ring (bicyclic) bond motifs is 5. The lowest BCUT2D eigenvalue weighted by molar-refractivity contribution is -0.163. The number of nitrogens with one attached hydrogen (secondary N) is 1. The Kier molecular flexibility index (Phi) is 9.36. The van der Waals surface area contributed by atoms with E-state index in [9.17, 15) is 19.2 Å². The molecule has 9 atom stereocenters. The number of esters is 1. The number of hydrogen-bond acceptors (Lipinski definition) is 6. The van der Waals surface area contributed by atoms with Crippen LogP contribution < -0.4 is 5.32 Å². The van der Waals surface area contributed by atoms with Gasteiger partial charge in [-0.3, -0.25) is 14.4 Å². The fourth-order valence-electron chi connectivity index (χ4n) is 9.67. The third-order valence-corrected chi connectivity index (χ3v) is 11.7. The van der Waals surface area contributed by atoms with Crippen LogP contribution in [0.1, 0.15) is 126 Å². The second-order valence-corrected chi connectivity index (χ2v) is 15.7. The Labute approximate surface area is 247 Å². The molecular weight excluding hydrogens is 518 g/mol. The van der Waals surface area contributed by atoms with Gasteiger partial charge in [0.2, 0.25) is 0 Å². The number of ether oxygens (including phenoxy) is 2. The van der Waals surface area contributed by atoms with E-state index >= 15 is 0 Å². The van der Waals surface area contributed by atoms with Crippen molar-refractivity contribution in [3.63, 3.8) is 0 Å². The number of amides is 1. The highest BCUT2D eigenvalue weighted by molar-refractivity contribution is 5.89. The summed E-state index contributed by atoms with van der Waals surface area (Å²) in [6.45, 7) is 15.8. The van der Waals surface area contributed by atoms with Crippen LogP contribution in [0.15, 0.2) is 0 Å². The molecule has 0 aromatic rings. The number of rotatable bonds is 8. The third-order valence-electron chi connectivity index (χ3n) is 11.7. The minimum atomic E-state index is -0.703. The first-order valence-electron chi connectivity index (χ1n) is 16.3. The average Bonchev–Trinajstić information content (AvgIpc) is 3.22. The summed E-state index contributed by atoms with van der Waals surface area (Å²) in [5.41, 5.74) is -0.201. The highest BCUT2D eigenvalue weighted by Gasteiger charge is 2.61. The lowest BCUT2D eigenvalue weighted by atomic mass is 9.44. The number of alkyl carbamates (subject to hydrolysis) is 1. The van der Waals surface area contributed by atoms with E-state index in [1.54, 1.807) is 27.7 Å². The largest absolute Gasteiger partial charge is 0.462 e. The van der Waals surface area contributed by atoms with Gasteiger partial charge in [-0.25, -0.2) is 4.79 Å². The van der Waals surface area contributed by atoms with E-state index in [2.05, 4.69) is 19.2 Å². The highest BCUT2D eigenvalue weighted by Crippen LogP contribution is 2.67. The third kappa shape index (κ3) is 6.69. The molecule has 7 nitrogen and oxygen atoms in total. The second kappa shape index (κ2) is 12.0. The van der Waals surface area contributed by atoms with E-state index in [1.165, 1.54) is 25.7 Å². The maximum absolute atomic E-state index is 12.9. The standard InChI is InChI=1S/C34H55NO6/c1-20(2)30(35-31(39)41-32(4,5)6)28(37)13-14-29(38)40-23-15-17-33(7)22(19-23)9-10-24-26-12-11-25(21(3)36)34(26,8)18-16-27(24)33/h20,22-27,30H,9-19H2,1-8H3,(H,35,39)/t22-,23+,24-,25+,26-,27-,30-,33-,34+/m0/s1. The molecule has 1 N–H and O–H groups in total. The summed E-state index contributed by atoms with van der Waals surface area (Å²) in [5.74, 6) is 2.64. The Morgan fingerprint density at radius 3 is 2.17 bits per heavy atom. The normalized spacial score (nSPS) is 37.3. The van der Waals surface area contributed by atoms with Gasteiger partial charge in [-0.2, -0.15) is 0 Å². The molecule has 4 saturated carbocycles. The van der Waals surface area contributed by atoms with Crippen molar-refractivity contribution >= 4 is 23.6 Å². The molecule has 0 radical (unpaired) electrons. The van der Waals surface area contributed by atoms with Gasteiger partial charge in [-0.15, -0.1) is 0 Å². The Morgan fingerprint density at radius 2 is 1.54 bits per heavy atom. The summed E-state index contributed by atoms with van der Waals surface area (Å²) in [4.78, 5) is 50.4. The van der Waals surface area contributed by atoms with Crippen LogP contribution >= 0.6 is 0 Å². The zero-order chi connectivity index (χ0) is 30.3. The number of Topliss-reactive ketones (excluding diaryl/α,β-unsaturated/α-hetero) is 2. The summed E-state index contributed by atoms with van der Waals surface area (Å²) >= 11 is 0. The van der Waals surface area contributed by atoms with E-state index < -0.39 is 17.7 Å². The minimum absolute atomic E-state index is 0.0266. The SMILES string of the molecule is CC(=O)[C@H]1CC[C@H]2[C@@H]3CC[C@H]4C[C@H](OC(=O)CCC(=O)[C@@H](NC(=O)OC(C)(C)C)C(C)C)CC[C@]4(C)[C@H]3CC[C@]12C. The van der Waals surface area contributed by atoms with Crippen molar-refractivity contribution in [2.24, 2.45) is 46.3 Å². The molecule has 0 aromatic carbocycles. The quantitative estimate of drug-likeness (QED) is 0.313. The van der Waals surface area contributed by atoms with Gasteiger partial charge < -0.3 is 14.8 Å². The van der Waals surface area contributed by atoms with E-state index in [1.807, 2.05) is 13.8 Å².